The van der Waals surface area contributed by atoms with Crippen molar-refractivity contribution < 1.29 is 23.8 Å². The molecule has 0 aliphatic heterocycles. The number of esters is 1. The van der Waals surface area contributed by atoms with Gasteiger partial charge in [0.05, 0.1) is 13.2 Å². The van der Waals surface area contributed by atoms with Crippen LogP contribution in [0.3, 0.4) is 0 Å². The third-order valence-corrected chi connectivity index (χ3v) is 3.25. The predicted octanol–water partition coefficient (Wildman–Crippen LogP) is 4.38. The van der Waals surface area contributed by atoms with Gasteiger partial charge in [-0.15, -0.1) is 0 Å². The first kappa shape index (κ1) is 23.7. The maximum Gasteiger partial charge on any atom is 0.408 e. The van der Waals surface area contributed by atoms with Gasteiger partial charge in [0.25, 0.3) is 0 Å². The summed E-state index contributed by atoms with van der Waals surface area (Å²) in [5.74, 6) is -0.506. The van der Waals surface area contributed by atoms with Crippen LogP contribution in [0.2, 0.25) is 0 Å². The monoisotopic (exact) mass is 391 g/mol. The fourth-order valence-electron chi connectivity index (χ4n) is 2.16. The number of ether oxygens (including phenoxy) is 3. The molecular formula is C22H33NO5. The van der Waals surface area contributed by atoms with E-state index in [0.717, 1.165) is 5.56 Å². The van der Waals surface area contributed by atoms with Crippen molar-refractivity contribution in [1.29, 1.82) is 0 Å². The van der Waals surface area contributed by atoms with Gasteiger partial charge in [-0.3, -0.25) is 0 Å². The number of benzene rings is 1. The Balaban J connectivity index is 2.55. The van der Waals surface area contributed by atoms with Crippen LogP contribution in [0.5, 0.6) is 0 Å². The van der Waals surface area contributed by atoms with Crippen molar-refractivity contribution in [1.82, 2.24) is 5.32 Å². The summed E-state index contributed by atoms with van der Waals surface area (Å²) < 4.78 is 16.2. The van der Waals surface area contributed by atoms with Gasteiger partial charge in [0.15, 0.2) is 0 Å². The van der Waals surface area contributed by atoms with Crippen molar-refractivity contribution >= 4 is 12.1 Å². The minimum atomic E-state index is -0.834. The van der Waals surface area contributed by atoms with E-state index in [2.05, 4.69) is 5.32 Å². The first-order valence-corrected chi connectivity index (χ1v) is 9.45. The quantitative estimate of drug-likeness (QED) is 0.404. The fraction of sp³-hybridized carbons (Fsp3) is 0.545. The number of carbonyl (C=O) groups excluding carboxylic acids is 2. The summed E-state index contributed by atoms with van der Waals surface area (Å²) in [6, 6.07) is 9.03. The second-order valence-electron chi connectivity index (χ2n) is 8.44. The molecule has 1 aromatic carbocycles. The molecule has 28 heavy (non-hydrogen) atoms. The second-order valence-corrected chi connectivity index (χ2v) is 8.44. The van der Waals surface area contributed by atoms with Gasteiger partial charge >= 0.3 is 12.1 Å². The Labute approximate surface area is 168 Å². The van der Waals surface area contributed by atoms with E-state index in [1.807, 2.05) is 36.4 Å². The lowest BCUT2D eigenvalue weighted by Crippen LogP contribution is -2.45. The number of hydrogen-bond acceptors (Lipinski definition) is 5. The molecule has 6 nitrogen and oxygen atoms in total. The van der Waals surface area contributed by atoms with E-state index in [1.54, 1.807) is 47.6 Å². The summed E-state index contributed by atoms with van der Waals surface area (Å²) in [7, 11) is 0. The third-order valence-electron chi connectivity index (χ3n) is 3.25. The van der Waals surface area contributed by atoms with Crippen LogP contribution >= 0.6 is 0 Å². The lowest BCUT2D eigenvalue weighted by Gasteiger charge is -2.25. The summed E-state index contributed by atoms with van der Waals surface area (Å²) in [5, 5.41) is 2.58. The number of amides is 1. The molecule has 0 saturated heterocycles. The van der Waals surface area contributed by atoms with Crippen LogP contribution in [0.25, 0.3) is 0 Å². The molecule has 0 heterocycles. The van der Waals surface area contributed by atoms with Crippen LogP contribution in [0.4, 0.5) is 4.79 Å². The highest BCUT2D eigenvalue weighted by atomic mass is 16.6. The van der Waals surface area contributed by atoms with Crippen LogP contribution in [-0.2, 0) is 25.6 Å². The van der Waals surface area contributed by atoms with Crippen molar-refractivity contribution in [3.05, 3.63) is 48.0 Å². The standard InChI is InChI=1S/C22H33NO5/c1-21(2,3)27-19(24)18(23-20(25)28-22(4,5)6)14-10-11-15-26-16-17-12-8-7-9-13-17/h7-13,18H,14-16H2,1-6H3,(H,23,25)/b11-10+/t18-/m0/s1. The lowest BCUT2D eigenvalue weighted by atomic mass is 10.1. The van der Waals surface area contributed by atoms with Crippen LogP contribution in [0.15, 0.2) is 42.5 Å². The number of hydrogen-bond donors (Lipinski definition) is 1. The molecule has 0 aromatic heterocycles. The minimum Gasteiger partial charge on any atom is -0.458 e. The maximum atomic E-state index is 12.4. The molecule has 0 unspecified atom stereocenters. The van der Waals surface area contributed by atoms with Crippen molar-refractivity contribution in [2.24, 2.45) is 0 Å². The lowest BCUT2D eigenvalue weighted by molar-refractivity contribution is -0.157. The van der Waals surface area contributed by atoms with E-state index in [1.165, 1.54) is 0 Å². The van der Waals surface area contributed by atoms with Gasteiger partial charge in [0, 0.05) is 0 Å². The van der Waals surface area contributed by atoms with E-state index in [0.29, 0.717) is 13.2 Å². The zero-order chi connectivity index (χ0) is 21.2. The fourth-order valence-corrected chi connectivity index (χ4v) is 2.16. The Morgan fingerprint density at radius 1 is 0.964 bits per heavy atom. The topological polar surface area (TPSA) is 73.9 Å². The maximum absolute atomic E-state index is 12.4. The Morgan fingerprint density at radius 3 is 2.14 bits per heavy atom. The van der Waals surface area contributed by atoms with Crippen LogP contribution in [0, 0.1) is 0 Å². The van der Waals surface area contributed by atoms with Gasteiger partial charge in [0.2, 0.25) is 0 Å². The Hall–Kier alpha value is -2.34. The van der Waals surface area contributed by atoms with Gasteiger partial charge in [-0.1, -0.05) is 42.5 Å². The predicted molar refractivity (Wildman–Crippen MR) is 109 cm³/mol. The molecule has 0 spiro atoms. The summed E-state index contributed by atoms with van der Waals surface area (Å²) in [6.07, 6.45) is 3.23. The molecule has 1 atom stereocenters. The van der Waals surface area contributed by atoms with Crippen LogP contribution in [0.1, 0.15) is 53.5 Å². The molecule has 156 valence electrons. The zero-order valence-corrected chi connectivity index (χ0v) is 17.8. The smallest absolute Gasteiger partial charge is 0.408 e. The van der Waals surface area contributed by atoms with Crippen molar-refractivity contribution in [3.63, 3.8) is 0 Å². The average Bonchev–Trinajstić information content (AvgIpc) is 2.54. The van der Waals surface area contributed by atoms with Crippen LogP contribution < -0.4 is 5.32 Å². The van der Waals surface area contributed by atoms with Gasteiger partial charge < -0.3 is 19.5 Å². The summed E-state index contributed by atoms with van der Waals surface area (Å²) in [5.41, 5.74) is -0.203. The highest BCUT2D eigenvalue weighted by Gasteiger charge is 2.27. The van der Waals surface area contributed by atoms with E-state index >= 15 is 0 Å². The van der Waals surface area contributed by atoms with E-state index in [-0.39, 0.29) is 6.42 Å². The van der Waals surface area contributed by atoms with E-state index in [4.69, 9.17) is 14.2 Å². The van der Waals surface area contributed by atoms with Crippen LogP contribution in [-0.4, -0.2) is 35.9 Å². The van der Waals surface area contributed by atoms with E-state index in [9.17, 15) is 9.59 Å². The van der Waals surface area contributed by atoms with Gasteiger partial charge in [-0.05, 0) is 53.5 Å². The highest BCUT2D eigenvalue weighted by molar-refractivity contribution is 5.81. The first-order chi connectivity index (χ1) is 13.0. The molecular weight excluding hydrogens is 358 g/mol. The van der Waals surface area contributed by atoms with Gasteiger partial charge in [0.1, 0.15) is 17.2 Å². The average molecular weight is 392 g/mol. The number of alkyl carbamates (subject to hydrolysis) is 1. The number of rotatable bonds is 8. The molecule has 1 amide bonds. The Kier molecular flexibility index (Phi) is 9.19. The largest absolute Gasteiger partial charge is 0.458 e. The molecule has 0 aliphatic carbocycles. The Bertz CT molecular complexity index is 641. The number of carbonyl (C=O) groups is 2. The van der Waals surface area contributed by atoms with Gasteiger partial charge in [-0.2, -0.15) is 0 Å². The molecule has 0 radical (unpaired) electrons. The molecule has 6 heteroatoms. The first-order valence-electron chi connectivity index (χ1n) is 9.45. The number of nitrogens with one attached hydrogen (secondary N) is 1. The Morgan fingerprint density at radius 2 is 1.57 bits per heavy atom. The molecule has 0 bridgehead atoms. The zero-order valence-electron chi connectivity index (χ0n) is 17.8. The third kappa shape index (κ3) is 11.4. The molecule has 0 fully saturated rings. The molecule has 1 rings (SSSR count). The summed E-state index contributed by atoms with van der Waals surface area (Å²) in [6.45, 7) is 11.5. The molecule has 1 N–H and O–H groups in total. The summed E-state index contributed by atoms with van der Waals surface area (Å²) in [4.78, 5) is 24.4. The molecule has 1 aromatic rings. The summed E-state index contributed by atoms with van der Waals surface area (Å²) >= 11 is 0. The minimum absolute atomic E-state index is 0.281. The highest BCUT2D eigenvalue weighted by Crippen LogP contribution is 2.12. The molecule has 0 aliphatic rings. The van der Waals surface area contributed by atoms with Crippen molar-refractivity contribution in [3.8, 4) is 0 Å². The van der Waals surface area contributed by atoms with Gasteiger partial charge in [-0.25, -0.2) is 9.59 Å². The van der Waals surface area contributed by atoms with E-state index < -0.39 is 29.3 Å². The molecule has 0 saturated carbocycles. The second kappa shape index (κ2) is 10.9. The van der Waals surface area contributed by atoms with Crippen molar-refractivity contribution in [2.45, 2.75) is 71.8 Å². The SMILES string of the molecule is CC(C)(C)OC(=O)N[C@@H](C/C=C/COCc1ccccc1)C(=O)OC(C)(C)C. The van der Waals surface area contributed by atoms with Crippen molar-refractivity contribution in [2.75, 3.05) is 6.61 Å². The normalized spacial score (nSPS) is 13.2.